The highest BCUT2D eigenvalue weighted by molar-refractivity contribution is 9.10. The molecule has 0 amide bonds. The van der Waals surface area contributed by atoms with Crippen molar-refractivity contribution in [3.05, 3.63) is 28.5 Å². The Bertz CT molecular complexity index is 333. The summed E-state index contributed by atoms with van der Waals surface area (Å²) in [5, 5.41) is 0. The zero-order chi connectivity index (χ0) is 12.1. The van der Waals surface area contributed by atoms with Crippen LogP contribution in [0.15, 0.2) is 22.8 Å². The molecule has 1 saturated carbocycles. The number of hydrogen-bond donors (Lipinski definition) is 1. The first-order chi connectivity index (χ1) is 8.29. The third-order valence-electron chi connectivity index (χ3n) is 3.41. The van der Waals surface area contributed by atoms with Gasteiger partial charge < -0.3 is 5.73 Å². The van der Waals surface area contributed by atoms with E-state index in [9.17, 15) is 0 Å². The minimum absolute atomic E-state index is 0.712. The van der Waals surface area contributed by atoms with Gasteiger partial charge >= 0.3 is 0 Å². The molecule has 0 bridgehead atoms. The van der Waals surface area contributed by atoms with Gasteiger partial charge in [-0.05, 0) is 40.9 Å². The van der Waals surface area contributed by atoms with Crippen molar-refractivity contribution < 1.29 is 0 Å². The van der Waals surface area contributed by atoms with Crippen LogP contribution in [0.2, 0.25) is 0 Å². The Morgan fingerprint density at radius 1 is 1.35 bits per heavy atom. The van der Waals surface area contributed by atoms with Crippen LogP contribution in [0.3, 0.4) is 0 Å². The lowest BCUT2D eigenvalue weighted by Crippen LogP contribution is -2.36. The molecule has 1 fully saturated rings. The number of pyridine rings is 1. The van der Waals surface area contributed by atoms with Crippen molar-refractivity contribution in [1.29, 1.82) is 0 Å². The van der Waals surface area contributed by atoms with Crippen molar-refractivity contribution in [3.8, 4) is 0 Å². The zero-order valence-corrected chi connectivity index (χ0v) is 11.7. The normalized spacial score (nSPS) is 16.9. The molecule has 17 heavy (non-hydrogen) atoms. The predicted octanol–water partition coefficient (Wildman–Crippen LogP) is 2.55. The van der Waals surface area contributed by atoms with Crippen molar-refractivity contribution in [2.45, 2.75) is 38.3 Å². The van der Waals surface area contributed by atoms with Gasteiger partial charge in [-0.15, -0.1) is 0 Å². The molecular formula is C13H20BrN3. The standard InChI is InChI=1S/C13H20BrN3/c14-11-5-6-12(16-9-11)10-17(8-7-15)13-3-1-2-4-13/h5-6,9,13H,1-4,7-8,10,15H2. The monoisotopic (exact) mass is 297 g/mol. The summed E-state index contributed by atoms with van der Waals surface area (Å²) in [5.41, 5.74) is 6.84. The highest BCUT2D eigenvalue weighted by Crippen LogP contribution is 2.24. The van der Waals surface area contributed by atoms with Gasteiger partial charge in [-0.1, -0.05) is 12.8 Å². The Hall–Kier alpha value is -0.450. The summed E-state index contributed by atoms with van der Waals surface area (Å²) in [4.78, 5) is 6.93. The maximum atomic E-state index is 5.71. The average Bonchev–Trinajstić information content (AvgIpc) is 2.85. The number of nitrogens with two attached hydrogens (primary N) is 1. The molecule has 2 rings (SSSR count). The van der Waals surface area contributed by atoms with Gasteiger partial charge in [0.05, 0.1) is 5.69 Å². The summed E-state index contributed by atoms with van der Waals surface area (Å²) in [6, 6.07) is 4.85. The average molecular weight is 298 g/mol. The van der Waals surface area contributed by atoms with Crippen LogP contribution in [-0.2, 0) is 6.54 Å². The quantitative estimate of drug-likeness (QED) is 0.908. The second-order valence-corrected chi connectivity index (χ2v) is 5.58. The Kier molecular flexibility index (Phi) is 4.95. The Balaban J connectivity index is 1.98. The summed E-state index contributed by atoms with van der Waals surface area (Å²) in [7, 11) is 0. The van der Waals surface area contributed by atoms with E-state index in [-0.39, 0.29) is 0 Å². The molecule has 1 aromatic heterocycles. The Labute approximate surface area is 112 Å². The van der Waals surface area contributed by atoms with Crippen LogP contribution >= 0.6 is 15.9 Å². The van der Waals surface area contributed by atoms with Crippen LogP contribution in [0, 0.1) is 0 Å². The Morgan fingerprint density at radius 2 is 2.12 bits per heavy atom. The molecule has 4 heteroatoms. The second kappa shape index (κ2) is 6.47. The number of hydrogen-bond acceptors (Lipinski definition) is 3. The zero-order valence-electron chi connectivity index (χ0n) is 10.1. The van der Waals surface area contributed by atoms with Gasteiger partial charge in [0.2, 0.25) is 0 Å². The number of aromatic nitrogens is 1. The number of rotatable bonds is 5. The van der Waals surface area contributed by atoms with Gasteiger partial charge in [0.15, 0.2) is 0 Å². The van der Waals surface area contributed by atoms with Crippen LogP contribution in [0.1, 0.15) is 31.4 Å². The molecule has 0 unspecified atom stereocenters. The number of halogens is 1. The van der Waals surface area contributed by atoms with Crippen LogP contribution in [-0.4, -0.2) is 29.0 Å². The van der Waals surface area contributed by atoms with E-state index in [1.807, 2.05) is 6.20 Å². The van der Waals surface area contributed by atoms with Crippen LogP contribution in [0.4, 0.5) is 0 Å². The van der Waals surface area contributed by atoms with E-state index in [1.165, 1.54) is 25.7 Å². The summed E-state index contributed by atoms with van der Waals surface area (Å²) >= 11 is 3.41. The minimum Gasteiger partial charge on any atom is -0.329 e. The first-order valence-electron chi connectivity index (χ1n) is 6.34. The van der Waals surface area contributed by atoms with Gasteiger partial charge in [0, 0.05) is 36.3 Å². The van der Waals surface area contributed by atoms with E-state index in [1.54, 1.807) is 0 Å². The predicted molar refractivity (Wildman–Crippen MR) is 73.7 cm³/mol. The van der Waals surface area contributed by atoms with Crippen LogP contribution in [0.25, 0.3) is 0 Å². The van der Waals surface area contributed by atoms with Crippen molar-refractivity contribution in [2.75, 3.05) is 13.1 Å². The van der Waals surface area contributed by atoms with Crippen molar-refractivity contribution in [2.24, 2.45) is 5.73 Å². The molecule has 0 radical (unpaired) electrons. The summed E-state index contributed by atoms with van der Waals surface area (Å²) in [6.07, 6.45) is 7.22. The van der Waals surface area contributed by atoms with Crippen molar-refractivity contribution in [3.63, 3.8) is 0 Å². The van der Waals surface area contributed by atoms with Gasteiger partial charge in [0.25, 0.3) is 0 Å². The fourth-order valence-electron chi connectivity index (χ4n) is 2.53. The van der Waals surface area contributed by atoms with Crippen molar-refractivity contribution in [1.82, 2.24) is 9.88 Å². The molecule has 3 nitrogen and oxygen atoms in total. The lowest BCUT2D eigenvalue weighted by atomic mass is 10.2. The highest BCUT2D eigenvalue weighted by atomic mass is 79.9. The maximum Gasteiger partial charge on any atom is 0.0544 e. The SMILES string of the molecule is NCCN(Cc1ccc(Br)cn1)C1CCCC1. The van der Waals surface area contributed by atoms with Crippen molar-refractivity contribution >= 4 is 15.9 Å². The third kappa shape index (κ3) is 3.76. The molecule has 0 aliphatic heterocycles. The van der Waals surface area contributed by atoms with E-state index < -0.39 is 0 Å². The van der Waals surface area contributed by atoms with E-state index in [0.29, 0.717) is 6.04 Å². The van der Waals surface area contributed by atoms with E-state index in [2.05, 4.69) is 37.9 Å². The molecule has 0 atom stereocenters. The smallest absolute Gasteiger partial charge is 0.0544 e. The largest absolute Gasteiger partial charge is 0.329 e. The molecule has 1 aliphatic carbocycles. The second-order valence-electron chi connectivity index (χ2n) is 4.67. The Morgan fingerprint density at radius 3 is 2.71 bits per heavy atom. The van der Waals surface area contributed by atoms with Gasteiger partial charge in [-0.2, -0.15) is 0 Å². The fraction of sp³-hybridized carbons (Fsp3) is 0.615. The molecule has 0 saturated heterocycles. The molecule has 0 spiro atoms. The lowest BCUT2D eigenvalue weighted by Gasteiger charge is -2.27. The molecule has 1 aliphatic rings. The molecule has 1 heterocycles. The summed E-state index contributed by atoms with van der Waals surface area (Å²) in [5.74, 6) is 0. The van der Waals surface area contributed by atoms with Gasteiger partial charge in [-0.3, -0.25) is 9.88 Å². The molecule has 0 aromatic carbocycles. The first kappa shape index (κ1) is 13.0. The molecular weight excluding hydrogens is 278 g/mol. The lowest BCUT2D eigenvalue weighted by molar-refractivity contribution is 0.193. The maximum absolute atomic E-state index is 5.71. The van der Waals surface area contributed by atoms with E-state index in [4.69, 9.17) is 5.73 Å². The fourth-order valence-corrected chi connectivity index (χ4v) is 2.77. The highest BCUT2D eigenvalue weighted by Gasteiger charge is 2.22. The molecule has 94 valence electrons. The van der Waals surface area contributed by atoms with Crippen LogP contribution in [0.5, 0.6) is 0 Å². The summed E-state index contributed by atoms with van der Waals surface area (Å²) < 4.78 is 1.03. The third-order valence-corrected chi connectivity index (χ3v) is 3.88. The first-order valence-corrected chi connectivity index (χ1v) is 7.13. The topological polar surface area (TPSA) is 42.1 Å². The molecule has 2 N–H and O–H groups in total. The van der Waals surface area contributed by atoms with Gasteiger partial charge in [-0.25, -0.2) is 0 Å². The van der Waals surface area contributed by atoms with Crippen LogP contribution < -0.4 is 5.73 Å². The van der Waals surface area contributed by atoms with E-state index >= 15 is 0 Å². The minimum atomic E-state index is 0.712. The molecule has 1 aromatic rings. The van der Waals surface area contributed by atoms with E-state index in [0.717, 1.165) is 29.8 Å². The van der Waals surface area contributed by atoms with Gasteiger partial charge in [0.1, 0.15) is 0 Å². The number of nitrogens with zero attached hydrogens (tertiary/aromatic N) is 2. The summed E-state index contributed by atoms with van der Waals surface area (Å²) in [6.45, 7) is 2.63.